The molecule has 2 aromatic rings. The monoisotopic (exact) mass is 348 g/mol. The van der Waals surface area contributed by atoms with E-state index in [-0.39, 0.29) is 11.9 Å². The zero-order valence-corrected chi connectivity index (χ0v) is 14.8. The van der Waals surface area contributed by atoms with Crippen LogP contribution in [0.2, 0.25) is 5.15 Å². The van der Waals surface area contributed by atoms with Gasteiger partial charge in [0.1, 0.15) is 11.0 Å². The van der Waals surface area contributed by atoms with Gasteiger partial charge in [-0.3, -0.25) is 9.48 Å². The molecule has 1 fully saturated rings. The minimum atomic E-state index is -0.0424. The third-order valence-electron chi connectivity index (χ3n) is 4.30. The maximum atomic E-state index is 12.7. The summed E-state index contributed by atoms with van der Waals surface area (Å²) in [4.78, 5) is 14.5. The second-order valence-electron chi connectivity index (χ2n) is 6.15. The molecule has 0 spiro atoms. The summed E-state index contributed by atoms with van der Waals surface area (Å²) in [6.07, 6.45) is 1.72. The van der Waals surface area contributed by atoms with E-state index >= 15 is 0 Å². The molecule has 1 aliphatic heterocycles. The Labute approximate surface area is 146 Å². The van der Waals surface area contributed by atoms with Crippen molar-refractivity contribution in [1.29, 1.82) is 0 Å². The number of amides is 1. The van der Waals surface area contributed by atoms with Gasteiger partial charge in [0.25, 0.3) is 5.91 Å². The van der Waals surface area contributed by atoms with Crippen molar-refractivity contribution in [2.24, 2.45) is 7.05 Å². The third-order valence-corrected chi connectivity index (χ3v) is 4.73. The number of hydrogen-bond donors (Lipinski definition) is 1. The Hall–Kier alpha value is -2.15. The fourth-order valence-electron chi connectivity index (χ4n) is 2.94. The van der Waals surface area contributed by atoms with Crippen LogP contribution in [0.25, 0.3) is 0 Å². The minimum Gasteiger partial charge on any atom is -0.366 e. The lowest BCUT2D eigenvalue weighted by molar-refractivity contribution is 0.0718. The predicted octanol–water partition coefficient (Wildman–Crippen LogP) is 2.20. The first-order valence-electron chi connectivity index (χ1n) is 8.01. The molecule has 24 heavy (non-hydrogen) atoms. The minimum absolute atomic E-state index is 0.0424. The molecule has 3 heterocycles. The molecule has 2 aromatic heterocycles. The van der Waals surface area contributed by atoms with Crippen molar-refractivity contribution in [2.75, 3.05) is 18.4 Å². The standard InChI is InChI=1S/C16H21ClN6O/c1-10-4-5-13(20-19-10)18-12-6-8-23(9-7-12)16(24)14-11(2)21-22(3)15(14)17/h4-5,12H,6-9H2,1-3H3,(H,18,20). The van der Waals surface area contributed by atoms with E-state index < -0.39 is 0 Å². The Morgan fingerprint density at radius 1 is 1.25 bits per heavy atom. The number of halogens is 1. The molecule has 0 aliphatic carbocycles. The fraction of sp³-hybridized carbons (Fsp3) is 0.500. The topological polar surface area (TPSA) is 75.9 Å². The Balaban J connectivity index is 1.60. The van der Waals surface area contributed by atoms with Crippen LogP contribution in [0.1, 0.15) is 34.6 Å². The molecular formula is C16H21ClN6O. The van der Waals surface area contributed by atoms with Crippen molar-refractivity contribution in [3.63, 3.8) is 0 Å². The van der Waals surface area contributed by atoms with Gasteiger partial charge >= 0.3 is 0 Å². The van der Waals surface area contributed by atoms with Crippen LogP contribution in [-0.4, -0.2) is 49.9 Å². The second-order valence-corrected chi connectivity index (χ2v) is 6.50. The summed E-state index contributed by atoms with van der Waals surface area (Å²) in [5, 5.41) is 16.2. The first-order valence-corrected chi connectivity index (χ1v) is 8.38. The number of likely N-dealkylation sites (tertiary alicyclic amines) is 1. The van der Waals surface area contributed by atoms with Crippen LogP contribution in [0.3, 0.4) is 0 Å². The molecule has 1 amide bonds. The summed E-state index contributed by atoms with van der Waals surface area (Å²) in [6.45, 7) is 5.08. The molecule has 8 heteroatoms. The van der Waals surface area contributed by atoms with Crippen LogP contribution >= 0.6 is 11.6 Å². The SMILES string of the molecule is Cc1ccc(NC2CCN(C(=O)c3c(C)nn(C)c3Cl)CC2)nn1. The van der Waals surface area contributed by atoms with E-state index in [4.69, 9.17) is 11.6 Å². The number of nitrogens with zero attached hydrogens (tertiary/aromatic N) is 5. The zero-order chi connectivity index (χ0) is 17.3. The first kappa shape index (κ1) is 16.7. The molecule has 0 aromatic carbocycles. The lowest BCUT2D eigenvalue weighted by atomic mass is 10.0. The predicted molar refractivity (Wildman–Crippen MR) is 92.3 cm³/mol. The van der Waals surface area contributed by atoms with Gasteiger partial charge < -0.3 is 10.2 Å². The number of nitrogens with one attached hydrogen (secondary N) is 1. The fourth-order valence-corrected chi connectivity index (χ4v) is 3.20. The maximum Gasteiger partial charge on any atom is 0.258 e. The van der Waals surface area contributed by atoms with Crippen LogP contribution < -0.4 is 5.32 Å². The van der Waals surface area contributed by atoms with Gasteiger partial charge in [0.15, 0.2) is 0 Å². The highest BCUT2D eigenvalue weighted by atomic mass is 35.5. The summed E-state index contributed by atoms with van der Waals surface area (Å²) >= 11 is 6.20. The van der Waals surface area contributed by atoms with Crippen LogP contribution in [0.4, 0.5) is 5.82 Å². The first-order chi connectivity index (χ1) is 11.5. The number of piperidine rings is 1. The number of carbonyl (C=O) groups excluding carboxylic acids is 1. The largest absolute Gasteiger partial charge is 0.366 e. The van der Waals surface area contributed by atoms with E-state index in [0.29, 0.717) is 29.5 Å². The van der Waals surface area contributed by atoms with E-state index in [1.165, 1.54) is 4.68 Å². The van der Waals surface area contributed by atoms with Crippen LogP contribution in [-0.2, 0) is 7.05 Å². The van der Waals surface area contributed by atoms with Gasteiger partial charge in [-0.05, 0) is 38.8 Å². The van der Waals surface area contributed by atoms with E-state index in [1.54, 1.807) is 7.05 Å². The summed E-state index contributed by atoms with van der Waals surface area (Å²) in [6, 6.07) is 4.15. The zero-order valence-electron chi connectivity index (χ0n) is 14.1. The number of rotatable bonds is 3. The van der Waals surface area contributed by atoms with Gasteiger partial charge in [0, 0.05) is 26.2 Å². The molecule has 1 saturated heterocycles. The average Bonchev–Trinajstić information content (AvgIpc) is 2.82. The Bertz CT molecular complexity index is 734. The van der Waals surface area contributed by atoms with Gasteiger partial charge in [-0.25, -0.2) is 0 Å². The van der Waals surface area contributed by atoms with E-state index in [9.17, 15) is 4.79 Å². The molecule has 0 radical (unpaired) electrons. The highest BCUT2D eigenvalue weighted by Crippen LogP contribution is 2.23. The van der Waals surface area contributed by atoms with E-state index in [1.807, 2.05) is 30.9 Å². The van der Waals surface area contributed by atoms with Crippen molar-refractivity contribution in [1.82, 2.24) is 24.9 Å². The number of carbonyl (C=O) groups is 1. The highest BCUT2D eigenvalue weighted by molar-refractivity contribution is 6.33. The van der Waals surface area contributed by atoms with Crippen molar-refractivity contribution in [3.05, 3.63) is 34.2 Å². The van der Waals surface area contributed by atoms with Crippen LogP contribution in [0.15, 0.2) is 12.1 Å². The lowest BCUT2D eigenvalue weighted by Gasteiger charge is -2.32. The van der Waals surface area contributed by atoms with E-state index in [0.717, 1.165) is 24.4 Å². The molecule has 0 bridgehead atoms. The molecule has 7 nitrogen and oxygen atoms in total. The average molecular weight is 349 g/mol. The quantitative estimate of drug-likeness (QED) is 0.920. The van der Waals surface area contributed by atoms with Gasteiger partial charge in [0.05, 0.1) is 17.0 Å². The normalized spacial score (nSPS) is 15.6. The van der Waals surface area contributed by atoms with Crippen molar-refractivity contribution in [2.45, 2.75) is 32.7 Å². The number of hydrogen-bond acceptors (Lipinski definition) is 5. The van der Waals surface area contributed by atoms with Crippen molar-refractivity contribution in [3.8, 4) is 0 Å². The molecule has 3 rings (SSSR count). The van der Waals surface area contributed by atoms with Crippen LogP contribution in [0.5, 0.6) is 0 Å². The Morgan fingerprint density at radius 3 is 2.50 bits per heavy atom. The number of aryl methyl sites for hydroxylation is 3. The Morgan fingerprint density at radius 2 is 1.96 bits per heavy atom. The summed E-state index contributed by atoms with van der Waals surface area (Å²) in [5.74, 6) is 0.732. The third kappa shape index (κ3) is 3.36. The molecule has 128 valence electrons. The number of anilines is 1. The summed E-state index contributed by atoms with van der Waals surface area (Å²) < 4.78 is 1.54. The highest BCUT2D eigenvalue weighted by Gasteiger charge is 2.28. The molecule has 1 aliphatic rings. The summed E-state index contributed by atoms with van der Waals surface area (Å²) in [5.41, 5.74) is 2.07. The van der Waals surface area contributed by atoms with Gasteiger partial charge in [-0.2, -0.15) is 10.2 Å². The molecule has 0 unspecified atom stereocenters. The maximum absolute atomic E-state index is 12.7. The number of aromatic nitrogens is 4. The molecule has 0 atom stereocenters. The Kier molecular flexibility index (Phi) is 4.71. The van der Waals surface area contributed by atoms with Crippen molar-refractivity contribution >= 4 is 23.3 Å². The molecular weight excluding hydrogens is 328 g/mol. The molecule has 0 saturated carbocycles. The summed E-state index contributed by atoms with van der Waals surface area (Å²) in [7, 11) is 1.74. The smallest absolute Gasteiger partial charge is 0.258 e. The van der Waals surface area contributed by atoms with Gasteiger partial charge in [0.2, 0.25) is 0 Å². The lowest BCUT2D eigenvalue weighted by Crippen LogP contribution is -2.42. The molecule has 1 N–H and O–H groups in total. The van der Waals surface area contributed by atoms with E-state index in [2.05, 4.69) is 20.6 Å². The second kappa shape index (κ2) is 6.76. The van der Waals surface area contributed by atoms with Gasteiger partial charge in [-0.1, -0.05) is 11.6 Å². The van der Waals surface area contributed by atoms with Crippen LogP contribution in [0, 0.1) is 13.8 Å². The van der Waals surface area contributed by atoms with Gasteiger partial charge in [-0.15, -0.1) is 5.10 Å². The van der Waals surface area contributed by atoms with Crippen molar-refractivity contribution < 1.29 is 4.79 Å².